The van der Waals surface area contributed by atoms with Crippen molar-refractivity contribution in [1.82, 2.24) is 4.90 Å². The van der Waals surface area contributed by atoms with Crippen molar-refractivity contribution in [2.75, 3.05) is 19.8 Å². The first-order valence-electron chi connectivity index (χ1n) is 6.80. The molecule has 2 unspecified atom stereocenters. The van der Waals surface area contributed by atoms with E-state index in [4.69, 9.17) is 15.3 Å². The summed E-state index contributed by atoms with van der Waals surface area (Å²) in [5.41, 5.74) is 0. The molecule has 1 saturated carbocycles. The van der Waals surface area contributed by atoms with E-state index in [0.29, 0.717) is 19.1 Å². The molecular weight excluding hydrogens is 216 g/mol. The van der Waals surface area contributed by atoms with E-state index in [0.717, 1.165) is 18.7 Å². The van der Waals surface area contributed by atoms with E-state index < -0.39 is 0 Å². The van der Waals surface area contributed by atoms with Crippen LogP contribution >= 0.6 is 0 Å². The third-order valence-electron chi connectivity index (χ3n) is 4.01. The van der Waals surface area contributed by atoms with E-state index in [2.05, 4.69) is 11.8 Å². The van der Waals surface area contributed by atoms with Crippen LogP contribution in [0.5, 0.6) is 0 Å². The van der Waals surface area contributed by atoms with Crippen molar-refractivity contribution in [2.24, 2.45) is 5.92 Å². The minimum absolute atomic E-state index is 0.0567. The SMILES string of the molecule is CC1COC(CO)CN1C(=N)C1CCCCC1. The quantitative estimate of drug-likeness (QED) is 0.569. The summed E-state index contributed by atoms with van der Waals surface area (Å²) in [7, 11) is 0. The Morgan fingerprint density at radius 2 is 2.06 bits per heavy atom. The minimum atomic E-state index is -0.116. The maximum atomic E-state index is 9.17. The molecule has 1 aliphatic carbocycles. The Labute approximate surface area is 103 Å². The van der Waals surface area contributed by atoms with Crippen molar-refractivity contribution in [1.29, 1.82) is 5.41 Å². The van der Waals surface area contributed by atoms with Crippen LogP contribution in [0.25, 0.3) is 0 Å². The van der Waals surface area contributed by atoms with Gasteiger partial charge < -0.3 is 14.7 Å². The molecule has 98 valence electrons. The maximum Gasteiger partial charge on any atom is 0.0993 e. The number of ether oxygens (including phenoxy) is 1. The van der Waals surface area contributed by atoms with Gasteiger partial charge in [0, 0.05) is 12.5 Å². The Hall–Kier alpha value is -0.610. The Balaban J connectivity index is 1.95. The summed E-state index contributed by atoms with van der Waals surface area (Å²) >= 11 is 0. The molecule has 2 rings (SSSR count). The van der Waals surface area contributed by atoms with Crippen molar-refractivity contribution in [3.8, 4) is 0 Å². The van der Waals surface area contributed by atoms with Crippen LogP contribution in [0.2, 0.25) is 0 Å². The van der Waals surface area contributed by atoms with Gasteiger partial charge in [-0.15, -0.1) is 0 Å². The predicted molar refractivity (Wildman–Crippen MR) is 67.3 cm³/mol. The fourth-order valence-corrected chi connectivity index (χ4v) is 2.87. The molecule has 0 aromatic carbocycles. The molecule has 2 fully saturated rings. The van der Waals surface area contributed by atoms with E-state index in [1.54, 1.807) is 0 Å². The van der Waals surface area contributed by atoms with E-state index in [-0.39, 0.29) is 18.8 Å². The second kappa shape index (κ2) is 5.83. The Morgan fingerprint density at radius 1 is 1.35 bits per heavy atom. The number of aliphatic hydroxyl groups is 1. The Morgan fingerprint density at radius 3 is 2.71 bits per heavy atom. The van der Waals surface area contributed by atoms with Crippen LogP contribution in [-0.4, -0.2) is 47.7 Å². The zero-order chi connectivity index (χ0) is 12.3. The van der Waals surface area contributed by atoms with Gasteiger partial charge in [0.05, 0.1) is 31.2 Å². The monoisotopic (exact) mass is 240 g/mol. The molecule has 0 aromatic rings. The normalized spacial score (nSPS) is 31.5. The number of amidine groups is 1. The number of hydrogen-bond acceptors (Lipinski definition) is 3. The van der Waals surface area contributed by atoms with Crippen LogP contribution < -0.4 is 0 Å². The van der Waals surface area contributed by atoms with Crippen LogP contribution in [0.3, 0.4) is 0 Å². The van der Waals surface area contributed by atoms with Crippen molar-refractivity contribution in [2.45, 2.75) is 51.2 Å². The third kappa shape index (κ3) is 2.99. The number of rotatable bonds is 2. The van der Waals surface area contributed by atoms with E-state index in [1.165, 1.54) is 19.3 Å². The maximum absolute atomic E-state index is 9.17. The highest BCUT2D eigenvalue weighted by atomic mass is 16.5. The summed E-state index contributed by atoms with van der Waals surface area (Å²) in [5.74, 6) is 1.21. The second-order valence-corrected chi connectivity index (χ2v) is 5.36. The average molecular weight is 240 g/mol. The lowest BCUT2D eigenvalue weighted by Gasteiger charge is -2.41. The zero-order valence-electron chi connectivity index (χ0n) is 10.7. The molecule has 2 atom stereocenters. The molecule has 2 N–H and O–H groups in total. The fourth-order valence-electron chi connectivity index (χ4n) is 2.87. The van der Waals surface area contributed by atoms with Gasteiger partial charge >= 0.3 is 0 Å². The smallest absolute Gasteiger partial charge is 0.0993 e. The molecule has 0 bridgehead atoms. The summed E-state index contributed by atoms with van der Waals surface area (Å²) < 4.78 is 5.52. The number of aliphatic hydroxyl groups excluding tert-OH is 1. The van der Waals surface area contributed by atoms with Crippen LogP contribution in [0.1, 0.15) is 39.0 Å². The lowest BCUT2D eigenvalue weighted by atomic mass is 9.87. The molecule has 2 aliphatic rings. The lowest BCUT2D eigenvalue weighted by Crippen LogP contribution is -2.53. The van der Waals surface area contributed by atoms with Crippen molar-refractivity contribution < 1.29 is 9.84 Å². The molecule has 17 heavy (non-hydrogen) atoms. The second-order valence-electron chi connectivity index (χ2n) is 5.36. The van der Waals surface area contributed by atoms with Crippen LogP contribution in [0.4, 0.5) is 0 Å². The van der Waals surface area contributed by atoms with Gasteiger partial charge in [-0.3, -0.25) is 5.41 Å². The zero-order valence-corrected chi connectivity index (χ0v) is 10.7. The van der Waals surface area contributed by atoms with Gasteiger partial charge in [-0.25, -0.2) is 0 Å². The van der Waals surface area contributed by atoms with Crippen LogP contribution in [0, 0.1) is 11.3 Å². The highest BCUT2D eigenvalue weighted by Crippen LogP contribution is 2.27. The van der Waals surface area contributed by atoms with Crippen molar-refractivity contribution in [3.63, 3.8) is 0 Å². The molecule has 1 saturated heterocycles. The predicted octanol–water partition coefficient (Wildman–Crippen LogP) is 1.63. The molecule has 1 heterocycles. The first-order valence-corrected chi connectivity index (χ1v) is 6.80. The molecule has 4 heteroatoms. The van der Waals surface area contributed by atoms with Gasteiger partial charge in [-0.2, -0.15) is 0 Å². The summed E-state index contributed by atoms with van der Waals surface area (Å²) in [6, 6.07) is 0.271. The molecule has 0 spiro atoms. The van der Waals surface area contributed by atoms with Gasteiger partial charge in [-0.1, -0.05) is 19.3 Å². The molecule has 4 nitrogen and oxygen atoms in total. The number of hydrogen-bond donors (Lipinski definition) is 2. The first-order chi connectivity index (χ1) is 8.22. The van der Waals surface area contributed by atoms with Crippen molar-refractivity contribution >= 4 is 5.84 Å². The Kier molecular flexibility index (Phi) is 4.40. The third-order valence-corrected chi connectivity index (χ3v) is 4.01. The minimum Gasteiger partial charge on any atom is -0.394 e. The number of morpholine rings is 1. The van der Waals surface area contributed by atoms with Crippen LogP contribution in [-0.2, 0) is 4.74 Å². The average Bonchev–Trinajstić information content (AvgIpc) is 2.39. The molecule has 1 aliphatic heterocycles. The molecule has 0 amide bonds. The van der Waals surface area contributed by atoms with Gasteiger partial charge in [0.2, 0.25) is 0 Å². The standard InChI is InChI=1S/C13H24N2O2/c1-10-9-17-12(8-16)7-15(10)13(14)11-5-3-2-4-6-11/h10-12,14,16H,2-9H2,1H3. The topological polar surface area (TPSA) is 56.6 Å². The molecule has 0 radical (unpaired) electrons. The highest BCUT2D eigenvalue weighted by Gasteiger charge is 2.31. The van der Waals surface area contributed by atoms with E-state index in [1.807, 2.05) is 0 Å². The first kappa shape index (κ1) is 12.8. The summed E-state index contributed by atoms with van der Waals surface area (Å²) in [6.07, 6.45) is 6.04. The van der Waals surface area contributed by atoms with E-state index >= 15 is 0 Å². The number of nitrogens with zero attached hydrogens (tertiary/aromatic N) is 1. The van der Waals surface area contributed by atoms with Gasteiger partial charge in [0.25, 0.3) is 0 Å². The summed E-state index contributed by atoms with van der Waals surface area (Å²) in [4.78, 5) is 2.14. The lowest BCUT2D eigenvalue weighted by molar-refractivity contribution is -0.0578. The number of nitrogens with one attached hydrogen (secondary N) is 1. The summed E-state index contributed by atoms with van der Waals surface area (Å²) in [5, 5.41) is 17.5. The van der Waals surface area contributed by atoms with Crippen molar-refractivity contribution in [3.05, 3.63) is 0 Å². The Bertz CT molecular complexity index is 264. The molecule has 0 aromatic heterocycles. The van der Waals surface area contributed by atoms with Gasteiger partial charge in [0.15, 0.2) is 0 Å². The highest BCUT2D eigenvalue weighted by molar-refractivity contribution is 5.82. The van der Waals surface area contributed by atoms with Gasteiger partial charge in [-0.05, 0) is 19.8 Å². The van der Waals surface area contributed by atoms with E-state index in [9.17, 15) is 0 Å². The largest absolute Gasteiger partial charge is 0.394 e. The van der Waals surface area contributed by atoms with Crippen LogP contribution in [0.15, 0.2) is 0 Å². The summed E-state index contributed by atoms with van der Waals surface area (Å²) in [6.45, 7) is 3.46. The fraction of sp³-hybridized carbons (Fsp3) is 0.923. The molecular formula is C13H24N2O2. The van der Waals surface area contributed by atoms with Gasteiger partial charge in [0.1, 0.15) is 0 Å².